The molecule has 6 heteroatoms. The van der Waals surface area contributed by atoms with Gasteiger partial charge in [0, 0.05) is 4.47 Å². The largest absolute Gasteiger partial charge is 0.297 e. The minimum Gasteiger partial charge on any atom is -0.270 e. The van der Waals surface area contributed by atoms with Crippen molar-refractivity contribution in [1.29, 1.82) is 0 Å². The number of halogens is 2. The number of hydrogen-bond acceptors (Lipinski definition) is 3. The van der Waals surface area contributed by atoms with Crippen LogP contribution in [0.1, 0.15) is 0 Å². The van der Waals surface area contributed by atoms with Crippen molar-refractivity contribution >= 4 is 26.0 Å². The molecule has 0 heterocycles. The van der Waals surface area contributed by atoms with Crippen molar-refractivity contribution < 1.29 is 17.0 Å². The molecule has 0 fully saturated rings. The van der Waals surface area contributed by atoms with Gasteiger partial charge in [0.05, 0.1) is 7.11 Å². The quantitative estimate of drug-likeness (QED) is 0.770. The third-order valence-corrected chi connectivity index (χ3v) is 3.63. The second kappa shape index (κ2) is 3.73. The molecule has 0 aliphatic rings. The molecule has 0 N–H and O–H groups in total. The number of rotatable bonds is 2. The first-order valence-electron chi connectivity index (χ1n) is 3.23. The highest BCUT2D eigenvalue weighted by Gasteiger charge is 2.16. The van der Waals surface area contributed by atoms with E-state index in [1.165, 1.54) is 0 Å². The molecule has 0 aliphatic carbocycles. The van der Waals surface area contributed by atoms with Crippen molar-refractivity contribution in [3.8, 4) is 0 Å². The molecule has 0 unspecified atom stereocenters. The fourth-order valence-electron chi connectivity index (χ4n) is 0.768. The zero-order valence-electron chi connectivity index (χ0n) is 6.62. The Balaban J connectivity index is 3.33. The van der Waals surface area contributed by atoms with Crippen LogP contribution < -0.4 is 0 Å². The maximum atomic E-state index is 12.6. The topological polar surface area (TPSA) is 43.4 Å². The summed E-state index contributed by atoms with van der Waals surface area (Å²) in [5.41, 5.74) is 0. The van der Waals surface area contributed by atoms with Gasteiger partial charge in [-0.05, 0) is 34.1 Å². The predicted molar refractivity (Wildman–Crippen MR) is 48.3 cm³/mol. The highest BCUT2D eigenvalue weighted by atomic mass is 79.9. The molecule has 1 rings (SSSR count). The number of benzene rings is 1. The Bertz CT molecular complexity index is 416. The van der Waals surface area contributed by atoms with E-state index < -0.39 is 15.9 Å². The van der Waals surface area contributed by atoms with Crippen molar-refractivity contribution in [3.05, 3.63) is 28.5 Å². The van der Waals surface area contributed by atoms with Gasteiger partial charge >= 0.3 is 0 Å². The van der Waals surface area contributed by atoms with E-state index in [4.69, 9.17) is 0 Å². The van der Waals surface area contributed by atoms with E-state index >= 15 is 0 Å². The summed E-state index contributed by atoms with van der Waals surface area (Å²) in [5, 5.41) is 0. The normalized spacial score (nSPS) is 11.6. The van der Waals surface area contributed by atoms with E-state index in [1.807, 2.05) is 0 Å². The van der Waals surface area contributed by atoms with Crippen molar-refractivity contribution in [2.75, 3.05) is 7.11 Å². The first-order chi connectivity index (χ1) is 5.97. The van der Waals surface area contributed by atoms with Gasteiger partial charge in [-0.2, -0.15) is 8.42 Å². The lowest BCUT2D eigenvalue weighted by Crippen LogP contribution is -2.03. The van der Waals surface area contributed by atoms with Crippen LogP contribution >= 0.6 is 15.9 Å². The molecule has 0 saturated carbocycles. The van der Waals surface area contributed by atoms with Crippen LogP contribution in [-0.4, -0.2) is 15.5 Å². The van der Waals surface area contributed by atoms with Crippen LogP contribution in [-0.2, 0) is 14.3 Å². The average Bonchev–Trinajstić information content (AvgIpc) is 2.03. The van der Waals surface area contributed by atoms with Crippen LogP contribution in [0.25, 0.3) is 0 Å². The number of hydrogen-bond donors (Lipinski definition) is 0. The lowest BCUT2D eigenvalue weighted by Gasteiger charge is -2.03. The second-order valence-electron chi connectivity index (χ2n) is 2.20. The van der Waals surface area contributed by atoms with Crippen LogP contribution in [0.3, 0.4) is 0 Å². The summed E-state index contributed by atoms with van der Waals surface area (Å²) in [6.07, 6.45) is 0. The summed E-state index contributed by atoms with van der Waals surface area (Å²) in [6, 6.07) is 3.25. The molecule has 0 atom stereocenters. The third-order valence-electron chi connectivity index (χ3n) is 1.38. The van der Waals surface area contributed by atoms with Gasteiger partial charge < -0.3 is 0 Å². The van der Waals surface area contributed by atoms with Gasteiger partial charge in [-0.1, -0.05) is 0 Å². The fourth-order valence-corrected chi connectivity index (χ4v) is 2.43. The predicted octanol–water partition coefficient (Wildman–Crippen LogP) is 1.92. The monoisotopic (exact) mass is 268 g/mol. The molecular formula is C7H6BrFO3S. The van der Waals surface area contributed by atoms with Gasteiger partial charge in [-0.15, -0.1) is 0 Å². The zero-order valence-corrected chi connectivity index (χ0v) is 9.02. The molecular weight excluding hydrogens is 263 g/mol. The molecule has 0 bridgehead atoms. The van der Waals surface area contributed by atoms with Crippen molar-refractivity contribution in [3.63, 3.8) is 0 Å². The Hall–Kier alpha value is -0.460. The first-order valence-corrected chi connectivity index (χ1v) is 5.43. The van der Waals surface area contributed by atoms with E-state index in [9.17, 15) is 12.8 Å². The summed E-state index contributed by atoms with van der Waals surface area (Å²) in [4.78, 5) is -0.0867. The first kappa shape index (κ1) is 10.6. The van der Waals surface area contributed by atoms with Crippen LogP contribution in [0.4, 0.5) is 4.39 Å². The summed E-state index contributed by atoms with van der Waals surface area (Å²) in [6.45, 7) is 0. The van der Waals surface area contributed by atoms with Gasteiger partial charge in [0.1, 0.15) is 10.7 Å². The van der Waals surface area contributed by atoms with Gasteiger partial charge in [0.25, 0.3) is 10.1 Å². The maximum Gasteiger partial charge on any atom is 0.297 e. The van der Waals surface area contributed by atoms with Crippen LogP contribution in [0.2, 0.25) is 0 Å². The SMILES string of the molecule is COS(=O)(=O)c1ccc(F)cc1Br. The molecule has 0 radical (unpaired) electrons. The lowest BCUT2D eigenvalue weighted by atomic mass is 10.3. The Morgan fingerprint density at radius 3 is 2.54 bits per heavy atom. The molecule has 0 aromatic heterocycles. The summed E-state index contributed by atoms with van der Waals surface area (Å²) in [7, 11) is -2.71. The molecule has 0 spiro atoms. The summed E-state index contributed by atoms with van der Waals surface area (Å²) in [5.74, 6) is -0.512. The van der Waals surface area contributed by atoms with Gasteiger partial charge in [-0.25, -0.2) is 4.39 Å². The second-order valence-corrected chi connectivity index (χ2v) is 4.73. The van der Waals surface area contributed by atoms with Crippen LogP contribution in [0, 0.1) is 5.82 Å². The van der Waals surface area contributed by atoms with E-state index in [0.717, 1.165) is 25.3 Å². The van der Waals surface area contributed by atoms with Crippen LogP contribution in [0.5, 0.6) is 0 Å². The fraction of sp³-hybridized carbons (Fsp3) is 0.143. The minimum atomic E-state index is -3.76. The molecule has 0 saturated heterocycles. The third kappa shape index (κ3) is 2.26. The molecule has 13 heavy (non-hydrogen) atoms. The Labute approximate surface area is 83.8 Å². The summed E-state index contributed by atoms with van der Waals surface area (Å²) < 4.78 is 39.3. The standard InChI is InChI=1S/C7H6BrFO3S/c1-12-13(10,11)7-3-2-5(9)4-6(7)8/h2-4H,1H3. The van der Waals surface area contributed by atoms with Crippen molar-refractivity contribution in [1.82, 2.24) is 0 Å². The highest BCUT2D eigenvalue weighted by Crippen LogP contribution is 2.23. The Morgan fingerprint density at radius 1 is 1.46 bits per heavy atom. The lowest BCUT2D eigenvalue weighted by molar-refractivity contribution is 0.397. The van der Waals surface area contributed by atoms with E-state index in [0.29, 0.717) is 0 Å². The Kier molecular flexibility index (Phi) is 3.05. The van der Waals surface area contributed by atoms with E-state index in [2.05, 4.69) is 20.1 Å². The molecule has 72 valence electrons. The van der Waals surface area contributed by atoms with Gasteiger partial charge in [-0.3, -0.25) is 4.18 Å². The zero-order chi connectivity index (χ0) is 10.1. The molecule has 0 aliphatic heterocycles. The maximum absolute atomic E-state index is 12.6. The van der Waals surface area contributed by atoms with Crippen molar-refractivity contribution in [2.24, 2.45) is 0 Å². The average molecular weight is 269 g/mol. The smallest absolute Gasteiger partial charge is 0.270 e. The molecule has 0 amide bonds. The molecule has 1 aromatic carbocycles. The Morgan fingerprint density at radius 2 is 2.08 bits per heavy atom. The minimum absolute atomic E-state index is 0.0867. The highest BCUT2D eigenvalue weighted by molar-refractivity contribution is 9.10. The van der Waals surface area contributed by atoms with Crippen molar-refractivity contribution in [2.45, 2.75) is 4.90 Å². The van der Waals surface area contributed by atoms with Gasteiger partial charge in [0.2, 0.25) is 0 Å². The van der Waals surface area contributed by atoms with E-state index in [-0.39, 0.29) is 9.37 Å². The van der Waals surface area contributed by atoms with Crippen LogP contribution in [0.15, 0.2) is 27.6 Å². The summed E-state index contributed by atoms with van der Waals surface area (Å²) >= 11 is 2.92. The molecule has 3 nitrogen and oxygen atoms in total. The van der Waals surface area contributed by atoms with Gasteiger partial charge in [0.15, 0.2) is 0 Å². The molecule has 1 aromatic rings. The van der Waals surface area contributed by atoms with E-state index in [1.54, 1.807) is 0 Å².